The molecule has 1 aliphatic heterocycles. The molecule has 3 N–H and O–H groups in total. The van der Waals surface area contributed by atoms with Crippen molar-refractivity contribution >= 4 is 10.9 Å². The molecule has 6 heteroatoms. The van der Waals surface area contributed by atoms with E-state index in [1.54, 1.807) is 25.3 Å². The second-order valence-electron chi connectivity index (χ2n) is 9.58. The van der Waals surface area contributed by atoms with Crippen LogP contribution in [0, 0.1) is 6.92 Å². The highest BCUT2D eigenvalue weighted by molar-refractivity contribution is 5.93. The fraction of sp³-hybridized carbons (Fsp3) is 0.333. The van der Waals surface area contributed by atoms with Crippen molar-refractivity contribution in [2.24, 2.45) is 0 Å². The molecule has 36 heavy (non-hydrogen) atoms. The molecule has 1 saturated heterocycles. The Kier molecular flexibility index (Phi) is 7.05. The molecule has 1 aromatic heterocycles. The summed E-state index contributed by atoms with van der Waals surface area (Å²) >= 11 is 0. The molecule has 3 aromatic carbocycles. The Bertz CT molecular complexity index is 1340. The van der Waals surface area contributed by atoms with Gasteiger partial charge in [-0.3, -0.25) is 0 Å². The maximum atomic E-state index is 10.1. The molecule has 2 heterocycles. The Balaban J connectivity index is 1.41. The molecule has 0 amide bonds. The molecule has 0 spiro atoms. The Hall–Kier alpha value is -3.64. The minimum absolute atomic E-state index is 0.106. The minimum Gasteiger partial charge on any atom is -0.508 e. The van der Waals surface area contributed by atoms with Crippen LogP contribution in [0.15, 0.2) is 60.7 Å². The number of rotatable bonds is 8. The lowest BCUT2D eigenvalue weighted by molar-refractivity contribution is 0.268. The lowest BCUT2D eigenvalue weighted by Crippen LogP contribution is -2.35. The summed E-state index contributed by atoms with van der Waals surface area (Å²) in [4.78, 5) is 0. The van der Waals surface area contributed by atoms with Crippen LogP contribution < -0.4 is 14.8 Å². The summed E-state index contributed by atoms with van der Waals surface area (Å²) in [6, 6.07) is 19.7. The van der Waals surface area contributed by atoms with E-state index in [4.69, 9.17) is 9.47 Å². The van der Waals surface area contributed by atoms with Gasteiger partial charge in [0.25, 0.3) is 0 Å². The summed E-state index contributed by atoms with van der Waals surface area (Å²) in [6.07, 6.45) is 4.85. The highest BCUT2D eigenvalue weighted by Gasteiger charge is 2.18. The van der Waals surface area contributed by atoms with Crippen molar-refractivity contribution in [3.63, 3.8) is 0 Å². The topological polar surface area (TPSA) is 75.9 Å². The van der Waals surface area contributed by atoms with Crippen LogP contribution in [-0.2, 0) is 6.54 Å². The average molecular weight is 487 g/mol. The molecule has 4 aromatic rings. The van der Waals surface area contributed by atoms with Crippen LogP contribution in [0.1, 0.15) is 36.8 Å². The number of fused-ring (bicyclic) bond motifs is 1. The van der Waals surface area contributed by atoms with Gasteiger partial charge in [-0.15, -0.1) is 0 Å². The first-order valence-corrected chi connectivity index (χ1v) is 12.7. The number of piperidine rings is 1. The van der Waals surface area contributed by atoms with Crippen LogP contribution in [0.5, 0.6) is 23.0 Å². The summed E-state index contributed by atoms with van der Waals surface area (Å²) in [5.74, 6) is 1.66. The van der Waals surface area contributed by atoms with Crippen LogP contribution in [0.3, 0.4) is 0 Å². The van der Waals surface area contributed by atoms with E-state index < -0.39 is 0 Å². The summed E-state index contributed by atoms with van der Waals surface area (Å²) < 4.78 is 13.6. The van der Waals surface area contributed by atoms with Gasteiger partial charge in [0.05, 0.1) is 19.4 Å². The number of phenolic OH excluding ortho intramolecular Hbond substituents is 2. The number of aromatic nitrogens is 1. The van der Waals surface area contributed by atoms with Gasteiger partial charge in [-0.1, -0.05) is 18.6 Å². The number of hydrogen-bond acceptors (Lipinski definition) is 5. The second-order valence-corrected chi connectivity index (χ2v) is 9.58. The molecule has 1 fully saturated rings. The van der Waals surface area contributed by atoms with Crippen molar-refractivity contribution in [1.29, 1.82) is 0 Å². The quantitative estimate of drug-likeness (QED) is 0.285. The Morgan fingerprint density at radius 1 is 1.00 bits per heavy atom. The normalized spacial score (nSPS) is 15.8. The molecule has 5 rings (SSSR count). The third-order valence-electron chi connectivity index (χ3n) is 7.16. The van der Waals surface area contributed by atoms with Crippen molar-refractivity contribution in [3.8, 4) is 34.3 Å². The minimum atomic E-state index is 0.106. The van der Waals surface area contributed by atoms with E-state index in [0.29, 0.717) is 18.3 Å². The monoisotopic (exact) mass is 486 g/mol. The van der Waals surface area contributed by atoms with Crippen molar-refractivity contribution in [2.75, 3.05) is 20.3 Å². The van der Waals surface area contributed by atoms with E-state index in [-0.39, 0.29) is 11.5 Å². The number of aromatic hydroxyl groups is 2. The van der Waals surface area contributed by atoms with Gasteiger partial charge in [0.1, 0.15) is 11.5 Å². The lowest BCUT2D eigenvalue weighted by atomic mass is 10.0. The number of ether oxygens (including phenoxy) is 2. The zero-order valence-electron chi connectivity index (χ0n) is 21.0. The number of aryl methyl sites for hydroxylation is 1. The molecule has 0 radical (unpaired) electrons. The van der Waals surface area contributed by atoms with Gasteiger partial charge in [-0.2, -0.15) is 0 Å². The second kappa shape index (κ2) is 10.5. The van der Waals surface area contributed by atoms with Crippen LogP contribution in [0.2, 0.25) is 0 Å². The zero-order valence-corrected chi connectivity index (χ0v) is 21.0. The molecule has 0 bridgehead atoms. The van der Waals surface area contributed by atoms with Gasteiger partial charge < -0.3 is 29.6 Å². The van der Waals surface area contributed by atoms with Crippen LogP contribution in [0.25, 0.3) is 22.2 Å². The van der Waals surface area contributed by atoms with Crippen molar-refractivity contribution < 1.29 is 19.7 Å². The highest BCUT2D eigenvalue weighted by atomic mass is 16.5. The number of nitrogens with one attached hydrogen (secondary N) is 1. The third kappa shape index (κ3) is 5.00. The third-order valence-corrected chi connectivity index (χ3v) is 7.16. The van der Waals surface area contributed by atoms with E-state index in [1.165, 1.54) is 19.3 Å². The van der Waals surface area contributed by atoms with Crippen LogP contribution >= 0.6 is 0 Å². The molecule has 6 nitrogen and oxygen atoms in total. The predicted molar refractivity (Wildman–Crippen MR) is 143 cm³/mol. The summed E-state index contributed by atoms with van der Waals surface area (Å²) in [7, 11) is 1.55. The first-order valence-electron chi connectivity index (χ1n) is 12.7. The Morgan fingerprint density at radius 3 is 2.58 bits per heavy atom. The average Bonchev–Trinajstić information content (AvgIpc) is 3.16. The number of nitrogens with zero attached hydrogens (tertiary/aromatic N) is 1. The first-order chi connectivity index (χ1) is 17.5. The van der Waals surface area contributed by atoms with E-state index in [0.717, 1.165) is 58.6 Å². The molecular formula is C30H34N2O4. The van der Waals surface area contributed by atoms with Gasteiger partial charge in [-0.05, 0) is 92.4 Å². The molecular weight excluding hydrogens is 452 g/mol. The number of phenols is 2. The summed E-state index contributed by atoms with van der Waals surface area (Å²) in [5.41, 5.74) is 5.20. The molecule has 1 unspecified atom stereocenters. The van der Waals surface area contributed by atoms with Gasteiger partial charge in [0.15, 0.2) is 11.5 Å². The smallest absolute Gasteiger partial charge is 0.161 e. The van der Waals surface area contributed by atoms with Gasteiger partial charge in [0, 0.05) is 29.1 Å². The van der Waals surface area contributed by atoms with E-state index in [2.05, 4.69) is 28.9 Å². The molecule has 188 valence electrons. The lowest BCUT2D eigenvalue weighted by Gasteiger charge is -2.23. The van der Waals surface area contributed by atoms with E-state index in [9.17, 15) is 10.2 Å². The van der Waals surface area contributed by atoms with Crippen molar-refractivity contribution in [3.05, 3.63) is 71.8 Å². The molecule has 1 aliphatic rings. The van der Waals surface area contributed by atoms with Crippen LogP contribution in [0.4, 0.5) is 0 Å². The van der Waals surface area contributed by atoms with Crippen molar-refractivity contribution in [1.82, 2.24) is 9.88 Å². The number of methoxy groups -OCH3 is 1. The SMILES string of the molecule is COc1cc(-c2c(C)c3cc(O)ccc3n2Cc2ccc(OCCC3CCCCN3)cc2)ccc1O. The predicted octanol–water partition coefficient (Wildman–Crippen LogP) is 6.00. The molecule has 1 atom stereocenters. The highest BCUT2D eigenvalue weighted by Crippen LogP contribution is 2.38. The van der Waals surface area contributed by atoms with Gasteiger partial charge in [0.2, 0.25) is 0 Å². The summed E-state index contributed by atoms with van der Waals surface area (Å²) in [5, 5.41) is 24.8. The Morgan fingerprint density at radius 2 is 1.83 bits per heavy atom. The number of hydrogen-bond donors (Lipinski definition) is 3. The fourth-order valence-electron chi connectivity index (χ4n) is 5.23. The van der Waals surface area contributed by atoms with Crippen LogP contribution in [-0.4, -0.2) is 41.1 Å². The van der Waals surface area contributed by atoms with Crippen molar-refractivity contribution in [2.45, 2.75) is 45.2 Å². The first kappa shape index (κ1) is 24.1. The molecule has 0 aliphatic carbocycles. The van der Waals surface area contributed by atoms with E-state index >= 15 is 0 Å². The van der Waals surface area contributed by atoms with E-state index in [1.807, 2.05) is 30.3 Å². The zero-order chi connectivity index (χ0) is 25.1. The maximum absolute atomic E-state index is 10.1. The van der Waals surface area contributed by atoms with Gasteiger partial charge >= 0.3 is 0 Å². The standard InChI is InChI=1S/C30H34N2O4/c1-20-26-18-24(33)9-12-27(26)32(30(20)22-8-13-28(34)29(17-22)35-2)19-21-6-10-25(11-7-21)36-16-14-23-5-3-4-15-31-23/h6-13,17-18,23,31,33-34H,3-5,14-16,19H2,1-2H3. The molecule has 0 saturated carbocycles. The fourth-order valence-corrected chi connectivity index (χ4v) is 5.23. The largest absolute Gasteiger partial charge is 0.508 e. The Labute approximate surface area is 212 Å². The number of benzene rings is 3. The summed E-state index contributed by atoms with van der Waals surface area (Å²) in [6.45, 7) is 4.55. The van der Waals surface area contributed by atoms with Gasteiger partial charge in [-0.25, -0.2) is 0 Å². The maximum Gasteiger partial charge on any atom is 0.161 e.